The molecule has 1 fully saturated rings. The van der Waals surface area contributed by atoms with Gasteiger partial charge in [-0.3, -0.25) is 19.6 Å². The average Bonchev–Trinajstić information content (AvgIpc) is 3.58. The van der Waals surface area contributed by atoms with Crippen molar-refractivity contribution in [3.8, 4) is 34.1 Å². The third kappa shape index (κ3) is 7.37. The number of ether oxygens (including phenoxy) is 3. The van der Waals surface area contributed by atoms with Crippen LogP contribution in [0.4, 0.5) is 10.1 Å². The highest BCUT2D eigenvalue weighted by molar-refractivity contribution is 7.80. The van der Waals surface area contributed by atoms with Crippen LogP contribution >= 0.6 is 12.2 Å². The van der Waals surface area contributed by atoms with Gasteiger partial charge in [0, 0.05) is 50.3 Å². The van der Waals surface area contributed by atoms with Crippen molar-refractivity contribution in [2.24, 2.45) is 5.73 Å². The number of thiocarbonyl (C=S) groups is 1. The molecule has 6 rings (SSSR count). The van der Waals surface area contributed by atoms with Gasteiger partial charge < -0.3 is 25.1 Å². The topological polar surface area (TPSA) is 110 Å². The Balaban J connectivity index is 0.000000537. The maximum Gasteiger partial charge on any atom is 0.230 e. The van der Waals surface area contributed by atoms with Crippen molar-refractivity contribution in [1.29, 1.82) is 0 Å². The number of pyridine rings is 1. The summed E-state index contributed by atoms with van der Waals surface area (Å²) in [5.41, 5.74) is 9.24. The summed E-state index contributed by atoms with van der Waals surface area (Å²) in [5.74, 6) is 0.223. The van der Waals surface area contributed by atoms with Crippen LogP contribution in [0.1, 0.15) is 19.8 Å². The largest absolute Gasteiger partial charge is 0.493 e. The van der Waals surface area contributed by atoms with Gasteiger partial charge in [0.25, 0.3) is 0 Å². The van der Waals surface area contributed by atoms with E-state index in [-0.39, 0.29) is 22.7 Å². The summed E-state index contributed by atoms with van der Waals surface area (Å²) in [7, 11) is 1.54. The number of amides is 1. The van der Waals surface area contributed by atoms with Crippen LogP contribution in [-0.4, -0.2) is 65.5 Å². The minimum absolute atomic E-state index is 0.0476. The number of hydrogen-bond donors (Lipinski definition) is 2. The number of benzene rings is 3. The molecule has 1 amide bonds. The predicted molar refractivity (Wildman–Crippen MR) is 167 cm³/mol. The molecule has 3 N–H and O–H groups in total. The van der Waals surface area contributed by atoms with E-state index in [4.69, 9.17) is 32.2 Å². The van der Waals surface area contributed by atoms with E-state index >= 15 is 0 Å². The number of methoxy groups -OCH3 is 1. The van der Waals surface area contributed by atoms with Crippen molar-refractivity contribution in [3.63, 3.8) is 0 Å². The first-order valence-electron chi connectivity index (χ1n) is 13.9. The number of nitrogens with zero attached hydrogens (tertiary/aromatic N) is 3. The molecule has 224 valence electrons. The zero-order chi connectivity index (χ0) is 30.5. The van der Waals surface area contributed by atoms with E-state index in [1.54, 1.807) is 24.4 Å². The van der Waals surface area contributed by atoms with Crippen molar-refractivity contribution in [3.05, 3.63) is 72.7 Å². The van der Waals surface area contributed by atoms with Crippen LogP contribution in [0.5, 0.6) is 23.0 Å². The molecule has 9 nitrogen and oxygen atoms in total. The number of carbonyl (C=O) groups excluding carboxylic acids is 1. The monoisotopic (exact) mass is 604 g/mol. The third-order valence-corrected chi connectivity index (χ3v) is 7.43. The lowest BCUT2D eigenvalue weighted by atomic mass is 10.1. The Morgan fingerprint density at radius 1 is 1.07 bits per heavy atom. The highest BCUT2D eigenvalue weighted by Crippen LogP contribution is 2.38. The van der Waals surface area contributed by atoms with E-state index in [1.807, 2.05) is 0 Å². The van der Waals surface area contributed by atoms with Gasteiger partial charge in [-0.25, -0.2) is 4.39 Å². The maximum absolute atomic E-state index is 14.9. The van der Waals surface area contributed by atoms with Crippen LogP contribution in [0, 0.1) is 5.82 Å². The zero-order valence-electron chi connectivity index (χ0n) is 24.0. The Labute approximate surface area is 254 Å². The van der Waals surface area contributed by atoms with Gasteiger partial charge in [0.15, 0.2) is 28.2 Å². The number of aliphatic hydroxyl groups is 1. The molecular weight excluding hydrogens is 571 g/mol. The second-order valence-electron chi connectivity index (χ2n) is 10.2. The highest BCUT2D eigenvalue weighted by atomic mass is 32.1. The molecule has 0 bridgehead atoms. The number of halogens is 1. The molecule has 0 saturated carbocycles. The van der Waals surface area contributed by atoms with Crippen LogP contribution in [-0.2, 0) is 4.79 Å². The minimum Gasteiger partial charge on any atom is -0.493 e. The fourth-order valence-electron chi connectivity index (χ4n) is 4.89. The second kappa shape index (κ2) is 13.3. The van der Waals surface area contributed by atoms with Crippen LogP contribution in [0.15, 0.2) is 66.9 Å². The van der Waals surface area contributed by atoms with E-state index in [0.29, 0.717) is 34.8 Å². The molecule has 0 spiro atoms. The molecule has 3 aromatic rings. The summed E-state index contributed by atoms with van der Waals surface area (Å²) in [4.78, 5) is 19.5. The van der Waals surface area contributed by atoms with Crippen LogP contribution in [0.25, 0.3) is 22.0 Å². The average molecular weight is 605 g/mol. The second-order valence-corrected chi connectivity index (χ2v) is 10.7. The van der Waals surface area contributed by atoms with Crippen LogP contribution in [0.3, 0.4) is 0 Å². The van der Waals surface area contributed by atoms with Crippen LogP contribution in [0.2, 0.25) is 0 Å². The molecule has 0 radical (unpaired) electrons. The minimum atomic E-state index is -0.692. The summed E-state index contributed by atoms with van der Waals surface area (Å²) in [6.07, 6.45) is 2.88. The third-order valence-electron chi connectivity index (χ3n) is 7.25. The Kier molecular flexibility index (Phi) is 9.34. The molecule has 43 heavy (non-hydrogen) atoms. The number of fused-ring (bicyclic) bond motifs is 2. The lowest BCUT2D eigenvalue weighted by Gasteiger charge is -2.29. The Hall–Kier alpha value is -4.32. The number of hydrogen-bond acceptors (Lipinski definition) is 8. The van der Waals surface area contributed by atoms with Crippen molar-refractivity contribution in [2.75, 3.05) is 38.3 Å². The van der Waals surface area contributed by atoms with Gasteiger partial charge in [-0.2, -0.15) is 0 Å². The summed E-state index contributed by atoms with van der Waals surface area (Å²) < 4.78 is 32.3. The van der Waals surface area contributed by atoms with E-state index in [1.165, 1.54) is 37.3 Å². The number of anilines is 1. The number of carbonyl (C=O) groups is 1. The van der Waals surface area contributed by atoms with Gasteiger partial charge in [-0.05, 0) is 66.5 Å². The number of nitrogens with two attached hydrogens (primary N) is 1. The van der Waals surface area contributed by atoms with E-state index in [2.05, 4.69) is 34.1 Å². The maximum atomic E-state index is 14.9. The van der Waals surface area contributed by atoms with Gasteiger partial charge in [-0.15, -0.1) is 0 Å². The first kappa shape index (κ1) is 30.1. The van der Waals surface area contributed by atoms with Gasteiger partial charge in [0.1, 0.15) is 12.4 Å². The van der Waals surface area contributed by atoms with E-state index < -0.39 is 11.7 Å². The van der Waals surface area contributed by atoms with E-state index in [9.17, 15) is 14.3 Å². The molecule has 2 heterocycles. The van der Waals surface area contributed by atoms with Gasteiger partial charge >= 0.3 is 0 Å². The number of aromatic nitrogens is 1. The fourth-order valence-corrected chi connectivity index (χ4v) is 5.12. The lowest BCUT2D eigenvalue weighted by Crippen LogP contribution is -2.39. The summed E-state index contributed by atoms with van der Waals surface area (Å²) in [5, 5.41) is 10.1. The van der Waals surface area contributed by atoms with Crippen molar-refractivity contribution < 1.29 is 28.5 Å². The van der Waals surface area contributed by atoms with Crippen molar-refractivity contribution in [2.45, 2.75) is 25.9 Å². The summed E-state index contributed by atoms with van der Waals surface area (Å²) in [6, 6.07) is 17.6. The Bertz CT molecular complexity index is 1610. The molecule has 1 saturated heterocycles. The molecule has 2 aliphatic carbocycles. The van der Waals surface area contributed by atoms with Gasteiger partial charge in [-0.1, -0.05) is 18.2 Å². The lowest BCUT2D eigenvalue weighted by molar-refractivity contribution is -0.115. The van der Waals surface area contributed by atoms with Crippen molar-refractivity contribution >= 4 is 39.8 Å². The molecule has 1 aromatic heterocycles. The molecule has 0 atom stereocenters. The van der Waals surface area contributed by atoms with E-state index in [0.717, 1.165) is 43.4 Å². The zero-order valence-corrected chi connectivity index (χ0v) is 24.8. The molecule has 1 aliphatic heterocycles. The fraction of sp³-hybridized carbons (Fsp3) is 0.281. The summed E-state index contributed by atoms with van der Waals surface area (Å²) in [6.45, 7) is 4.15. The SMILES string of the molecule is COc1cc2c(Oc3ccc(N(C(C)=O)C(N)=S)cc3F)ccnc2cc1OCCN1CCC(O)CC1.c1cc2cc-2c1. The molecule has 11 heteroatoms. The standard InChI is InChI=1S/C26H29FN4O5S.C6H4/c1-16(32)31(26(28)37)17-3-4-23(20(27)13-17)36-22-5-8-29-21-15-25(24(34-2)14-19(21)22)35-12-11-30-9-6-18(33)7-10-30;1-2-5-4-6(5)3-1/h3-5,8,13-15,18,33H,6-7,9-12H2,1-2H3,(H2,28,37);1-4H. The first-order chi connectivity index (χ1) is 20.7. The molecule has 0 unspecified atom stereocenters. The molecular formula is C32H33FN4O5S. The molecule has 3 aliphatic rings. The molecule has 2 aromatic carbocycles. The number of likely N-dealkylation sites (tertiary alicyclic amines) is 1. The Morgan fingerprint density at radius 3 is 2.40 bits per heavy atom. The van der Waals surface area contributed by atoms with Gasteiger partial charge in [0.05, 0.1) is 24.4 Å². The first-order valence-corrected chi connectivity index (χ1v) is 14.3. The Morgan fingerprint density at radius 2 is 1.81 bits per heavy atom. The smallest absolute Gasteiger partial charge is 0.230 e. The number of piperidine rings is 1. The quantitative estimate of drug-likeness (QED) is 0.229. The predicted octanol–water partition coefficient (Wildman–Crippen LogP) is 5.27. The number of aliphatic hydroxyl groups excluding tert-OH is 1. The van der Waals surface area contributed by atoms with Crippen LogP contribution < -0.4 is 24.8 Å². The summed E-state index contributed by atoms with van der Waals surface area (Å²) >= 11 is 4.90. The highest BCUT2D eigenvalue weighted by Gasteiger charge is 2.19. The normalized spacial score (nSPS) is 14.0. The number of rotatable bonds is 8. The van der Waals surface area contributed by atoms with Gasteiger partial charge in [0.2, 0.25) is 5.91 Å². The van der Waals surface area contributed by atoms with Crippen molar-refractivity contribution in [1.82, 2.24) is 9.88 Å².